The highest BCUT2D eigenvalue weighted by Gasteiger charge is 2.11. The van der Waals surface area contributed by atoms with Gasteiger partial charge < -0.3 is 10.4 Å². The van der Waals surface area contributed by atoms with E-state index in [-0.39, 0.29) is 6.54 Å². The summed E-state index contributed by atoms with van der Waals surface area (Å²) >= 11 is 1.35. The maximum atomic E-state index is 11.3. The van der Waals surface area contributed by atoms with E-state index in [9.17, 15) is 18.0 Å². The van der Waals surface area contributed by atoms with Crippen molar-refractivity contribution in [1.29, 1.82) is 0 Å². The molecule has 0 spiro atoms. The van der Waals surface area contributed by atoms with Crippen LogP contribution in [-0.2, 0) is 26.0 Å². The van der Waals surface area contributed by atoms with Crippen LogP contribution < -0.4 is 5.32 Å². The molecule has 104 valence electrons. The number of carbonyl (C=O) groups excluding carboxylic acids is 1. The first-order chi connectivity index (χ1) is 8.78. The van der Waals surface area contributed by atoms with E-state index in [0.29, 0.717) is 5.56 Å². The lowest BCUT2D eigenvalue weighted by Crippen LogP contribution is -2.29. The largest absolute Gasteiger partial charge is 0.478 e. The van der Waals surface area contributed by atoms with Gasteiger partial charge in [-0.3, -0.25) is 4.79 Å². The molecule has 2 N–H and O–H groups in total. The lowest BCUT2D eigenvalue weighted by atomic mass is 10.2. The quantitative estimate of drug-likeness (QED) is 0.746. The Morgan fingerprint density at radius 3 is 2.74 bits per heavy atom. The van der Waals surface area contributed by atoms with Crippen LogP contribution in [0.25, 0.3) is 6.08 Å². The highest BCUT2D eigenvalue weighted by molar-refractivity contribution is 7.91. The van der Waals surface area contributed by atoms with Crippen LogP contribution >= 0.6 is 11.3 Å². The Balaban J connectivity index is 2.62. The molecule has 1 heterocycles. The molecule has 0 fully saturated rings. The molecule has 0 aliphatic carbocycles. The van der Waals surface area contributed by atoms with E-state index in [1.165, 1.54) is 17.4 Å². The highest BCUT2D eigenvalue weighted by Crippen LogP contribution is 2.18. The van der Waals surface area contributed by atoms with Crippen LogP contribution in [0.1, 0.15) is 10.4 Å². The number of hydrogen-bond acceptors (Lipinski definition) is 5. The minimum Gasteiger partial charge on any atom is -0.478 e. The SMILES string of the molecule is CS(=O)(=O)CC(=O)NCc1sccc1C=CC(=O)O. The standard InChI is InChI=1S/C11H13NO5S2/c1-19(16,17)7-10(13)12-6-9-8(4-5-18-9)2-3-11(14)15/h2-5H,6-7H2,1H3,(H,12,13)(H,14,15). The van der Waals surface area contributed by atoms with E-state index in [0.717, 1.165) is 17.2 Å². The average Bonchev–Trinajstić information content (AvgIpc) is 2.68. The van der Waals surface area contributed by atoms with Crippen LogP contribution in [0, 0.1) is 0 Å². The zero-order chi connectivity index (χ0) is 14.5. The average molecular weight is 303 g/mol. The third kappa shape index (κ3) is 6.16. The van der Waals surface area contributed by atoms with Crippen molar-refractivity contribution in [2.75, 3.05) is 12.0 Å². The van der Waals surface area contributed by atoms with Gasteiger partial charge in [0.25, 0.3) is 0 Å². The molecule has 0 saturated carbocycles. The summed E-state index contributed by atoms with van der Waals surface area (Å²) in [4.78, 5) is 22.5. The van der Waals surface area contributed by atoms with E-state index in [4.69, 9.17) is 5.11 Å². The number of hydrogen-bond donors (Lipinski definition) is 2. The van der Waals surface area contributed by atoms with Gasteiger partial charge >= 0.3 is 5.97 Å². The molecular weight excluding hydrogens is 290 g/mol. The number of carboxylic acid groups (broad SMARTS) is 1. The minimum atomic E-state index is -3.35. The normalized spacial score (nSPS) is 11.6. The number of amides is 1. The molecule has 0 atom stereocenters. The molecule has 19 heavy (non-hydrogen) atoms. The van der Waals surface area contributed by atoms with Gasteiger partial charge in [0.1, 0.15) is 5.75 Å². The zero-order valence-electron chi connectivity index (χ0n) is 10.1. The second-order valence-electron chi connectivity index (χ2n) is 3.82. The summed E-state index contributed by atoms with van der Waals surface area (Å²) in [6, 6.07) is 1.72. The molecule has 0 saturated heterocycles. The summed E-state index contributed by atoms with van der Waals surface area (Å²) < 4.78 is 21.8. The molecule has 8 heteroatoms. The molecule has 0 bridgehead atoms. The van der Waals surface area contributed by atoms with Crippen LogP contribution in [-0.4, -0.2) is 37.4 Å². The van der Waals surface area contributed by atoms with Gasteiger partial charge in [0.2, 0.25) is 5.91 Å². The zero-order valence-corrected chi connectivity index (χ0v) is 11.8. The monoisotopic (exact) mass is 303 g/mol. The van der Waals surface area contributed by atoms with Crippen molar-refractivity contribution in [3.8, 4) is 0 Å². The Labute approximate surface area is 114 Å². The van der Waals surface area contributed by atoms with Crippen molar-refractivity contribution >= 4 is 39.1 Å². The van der Waals surface area contributed by atoms with Crippen LogP contribution in [0.3, 0.4) is 0 Å². The molecular formula is C11H13NO5S2. The van der Waals surface area contributed by atoms with Crippen molar-refractivity contribution in [3.63, 3.8) is 0 Å². The fraction of sp³-hybridized carbons (Fsp3) is 0.273. The third-order valence-corrected chi connectivity index (χ3v) is 3.75. The third-order valence-electron chi connectivity index (χ3n) is 2.02. The van der Waals surface area contributed by atoms with Gasteiger partial charge in [-0.1, -0.05) is 0 Å². The lowest BCUT2D eigenvalue weighted by molar-refractivity contribution is -0.131. The van der Waals surface area contributed by atoms with Gasteiger partial charge in [-0.05, 0) is 23.1 Å². The summed E-state index contributed by atoms with van der Waals surface area (Å²) in [6.07, 6.45) is 3.42. The Bertz CT molecular complexity index is 600. The number of thiophene rings is 1. The van der Waals surface area contributed by atoms with Crippen molar-refractivity contribution in [3.05, 3.63) is 28.0 Å². The van der Waals surface area contributed by atoms with E-state index in [2.05, 4.69) is 5.32 Å². The summed E-state index contributed by atoms with van der Waals surface area (Å²) in [5.74, 6) is -2.19. The smallest absolute Gasteiger partial charge is 0.328 e. The van der Waals surface area contributed by atoms with Crippen LogP contribution in [0.2, 0.25) is 0 Å². The van der Waals surface area contributed by atoms with Crippen LogP contribution in [0.15, 0.2) is 17.5 Å². The first-order valence-electron chi connectivity index (χ1n) is 5.20. The molecule has 1 aromatic heterocycles. The van der Waals surface area contributed by atoms with Crippen molar-refractivity contribution in [1.82, 2.24) is 5.32 Å². The van der Waals surface area contributed by atoms with E-state index < -0.39 is 27.5 Å². The minimum absolute atomic E-state index is 0.172. The molecule has 0 aromatic carbocycles. The van der Waals surface area contributed by atoms with Gasteiger partial charge in [0.15, 0.2) is 9.84 Å². The highest BCUT2D eigenvalue weighted by atomic mass is 32.2. The summed E-state index contributed by atoms with van der Waals surface area (Å²) in [5, 5.41) is 12.8. The van der Waals surface area contributed by atoms with Crippen molar-refractivity contribution < 1.29 is 23.1 Å². The van der Waals surface area contributed by atoms with E-state index in [1.54, 1.807) is 11.4 Å². The first kappa shape index (κ1) is 15.4. The second-order valence-corrected chi connectivity index (χ2v) is 6.96. The molecule has 1 aromatic rings. The van der Waals surface area contributed by atoms with Gasteiger partial charge in [0, 0.05) is 17.2 Å². The number of aliphatic carboxylic acids is 1. The number of rotatable bonds is 6. The van der Waals surface area contributed by atoms with Crippen molar-refractivity contribution in [2.24, 2.45) is 0 Å². The fourth-order valence-electron chi connectivity index (χ4n) is 1.27. The predicted octanol–water partition coefficient (Wildman–Crippen LogP) is 0.507. The first-order valence-corrected chi connectivity index (χ1v) is 8.14. The topological polar surface area (TPSA) is 101 Å². The van der Waals surface area contributed by atoms with Gasteiger partial charge in [0.05, 0.1) is 6.54 Å². The maximum Gasteiger partial charge on any atom is 0.328 e. The number of carboxylic acids is 1. The summed E-state index contributed by atoms with van der Waals surface area (Å²) in [5.41, 5.74) is 0.687. The molecule has 1 amide bonds. The maximum absolute atomic E-state index is 11.3. The summed E-state index contributed by atoms with van der Waals surface area (Å²) in [6.45, 7) is 0.172. The predicted molar refractivity (Wildman–Crippen MR) is 72.5 cm³/mol. The van der Waals surface area contributed by atoms with Gasteiger partial charge in [-0.2, -0.15) is 0 Å². The van der Waals surface area contributed by atoms with E-state index >= 15 is 0 Å². The van der Waals surface area contributed by atoms with Gasteiger partial charge in [-0.25, -0.2) is 13.2 Å². The second kappa shape index (κ2) is 6.48. The Hall–Kier alpha value is -1.67. The molecule has 0 aliphatic rings. The molecule has 0 unspecified atom stereocenters. The number of nitrogens with one attached hydrogen (secondary N) is 1. The number of sulfone groups is 1. The molecule has 0 radical (unpaired) electrons. The van der Waals surface area contributed by atoms with Crippen molar-refractivity contribution in [2.45, 2.75) is 6.54 Å². The van der Waals surface area contributed by atoms with Crippen LogP contribution in [0.5, 0.6) is 0 Å². The summed E-state index contributed by atoms with van der Waals surface area (Å²) in [7, 11) is -3.35. The Morgan fingerprint density at radius 1 is 1.47 bits per heavy atom. The Morgan fingerprint density at radius 2 is 2.16 bits per heavy atom. The molecule has 1 rings (SSSR count). The van der Waals surface area contributed by atoms with Crippen LogP contribution in [0.4, 0.5) is 0 Å². The number of carbonyl (C=O) groups is 2. The Kier molecular flexibility index (Phi) is 5.25. The lowest BCUT2D eigenvalue weighted by Gasteiger charge is -2.03. The van der Waals surface area contributed by atoms with E-state index in [1.807, 2.05) is 0 Å². The van der Waals surface area contributed by atoms with Gasteiger partial charge in [-0.15, -0.1) is 11.3 Å². The molecule has 6 nitrogen and oxygen atoms in total. The fourth-order valence-corrected chi connectivity index (χ4v) is 2.66. The molecule has 0 aliphatic heterocycles.